The normalized spacial score (nSPS) is 8.10. The van der Waals surface area contributed by atoms with Crippen LogP contribution in [0.3, 0.4) is 0 Å². The van der Waals surface area contributed by atoms with Crippen molar-refractivity contribution >= 4 is 35.3 Å². The molecule has 0 aliphatic carbocycles. The van der Waals surface area contributed by atoms with Crippen LogP contribution in [0.2, 0.25) is 0 Å². The maximum absolute atomic E-state index is 10.6. The summed E-state index contributed by atoms with van der Waals surface area (Å²) >= 11 is 0. The molecule has 0 N–H and O–H groups in total. The van der Waals surface area contributed by atoms with Crippen LogP contribution in [-0.2, 0) is 0 Å². The molecular formula is C7H7NNaO. The Balaban J connectivity index is 0.000000810. The molecule has 0 aromatic carbocycles. The quantitative estimate of drug-likeness (QED) is 0.433. The van der Waals surface area contributed by atoms with Crippen LogP contribution in [0.15, 0.2) is 24.5 Å². The Morgan fingerprint density at radius 1 is 1.60 bits per heavy atom. The van der Waals surface area contributed by atoms with Gasteiger partial charge in [-0.05, 0) is 19.1 Å². The molecule has 0 amide bonds. The van der Waals surface area contributed by atoms with Gasteiger partial charge in [-0.3, -0.25) is 9.78 Å². The summed E-state index contributed by atoms with van der Waals surface area (Å²) in [6.07, 6.45) is 3.20. The van der Waals surface area contributed by atoms with Gasteiger partial charge < -0.3 is 0 Å². The van der Waals surface area contributed by atoms with Crippen molar-refractivity contribution in [2.45, 2.75) is 6.92 Å². The molecule has 0 fully saturated rings. The van der Waals surface area contributed by atoms with Crippen LogP contribution in [0.1, 0.15) is 17.3 Å². The van der Waals surface area contributed by atoms with Crippen LogP contribution in [0, 0.1) is 0 Å². The molecule has 3 heteroatoms. The number of rotatable bonds is 1. The molecule has 1 rings (SSSR count). The van der Waals surface area contributed by atoms with Crippen LogP contribution in [-0.4, -0.2) is 40.3 Å². The molecule has 0 spiro atoms. The van der Waals surface area contributed by atoms with Gasteiger partial charge in [0.15, 0.2) is 5.78 Å². The maximum Gasteiger partial charge on any atom is 0.161 e. The second-order valence-electron chi connectivity index (χ2n) is 1.80. The van der Waals surface area contributed by atoms with E-state index in [-0.39, 0.29) is 35.3 Å². The van der Waals surface area contributed by atoms with Crippen LogP contribution < -0.4 is 0 Å². The van der Waals surface area contributed by atoms with Crippen LogP contribution in [0.4, 0.5) is 0 Å². The third kappa shape index (κ3) is 2.60. The standard InChI is InChI=1S/C7H7NO.Na/c1-6(9)7-3-2-4-8-5-7;/h2-5H,1H3;. The molecule has 0 bridgehead atoms. The fraction of sp³-hybridized carbons (Fsp3) is 0.143. The van der Waals surface area contributed by atoms with Crippen molar-refractivity contribution in [2.24, 2.45) is 0 Å². The number of ketones is 1. The fourth-order valence-electron chi connectivity index (χ4n) is 0.571. The van der Waals surface area contributed by atoms with Gasteiger partial charge in [-0.25, -0.2) is 0 Å². The van der Waals surface area contributed by atoms with Crippen molar-refractivity contribution in [1.82, 2.24) is 4.98 Å². The molecule has 0 aliphatic heterocycles. The molecule has 47 valence electrons. The first kappa shape index (κ1) is 9.82. The molecular weight excluding hydrogens is 137 g/mol. The zero-order valence-corrected chi connectivity index (χ0v) is 8.16. The van der Waals surface area contributed by atoms with Crippen molar-refractivity contribution in [2.75, 3.05) is 0 Å². The van der Waals surface area contributed by atoms with Gasteiger partial charge in [0.2, 0.25) is 0 Å². The summed E-state index contributed by atoms with van der Waals surface area (Å²) in [7, 11) is 0. The van der Waals surface area contributed by atoms with E-state index in [9.17, 15) is 4.79 Å². The summed E-state index contributed by atoms with van der Waals surface area (Å²) in [6, 6.07) is 3.49. The van der Waals surface area contributed by atoms with E-state index in [0.717, 1.165) is 0 Å². The van der Waals surface area contributed by atoms with E-state index in [1.807, 2.05) is 0 Å². The van der Waals surface area contributed by atoms with Gasteiger partial charge in [0, 0.05) is 47.5 Å². The third-order valence-corrected chi connectivity index (χ3v) is 1.07. The van der Waals surface area contributed by atoms with E-state index < -0.39 is 0 Å². The van der Waals surface area contributed by atoms with Gasteiger partial charge in [0.05, 0.1) is 0 Å². The molecule has 2 nitrogen and oxygen atoms in total. The van der Waals surface area contributed by atoms with Gasteiger partial charge >= 0.3 is 0 Å². The first-order chi connectivity index (χ1) is 4.30. The Bertz CT molecular complexity index is 210. The predicted molar refractivity (Wildman–Crippen MR) is 40.0 cm³/mol. The molecule has 10 heavy (non-hydrogen) atoms. The number of pyridine rings is 1. The first-order valence-electron chi connectivity index (χ1n) is 2.71. The SMILES string of the molecule is CC(=O)c1cccnc1.[Na]. The number of hydrogen-bond acceptors (Lipinski definition) is 2. The summed E-state index contributed by atoms with van der Waals surface area (Å²) in [5.41, 5.74) is 0.664. The summed E-state index contributed by atoms with van der Waals surface area (Å²) in [5.74, 6) is 0.0584. The Hall–Kier alpha value is -0.180. The monoisotopic (exact) mass is 144 g/mol. The van der Waals surface area contributed by atoms with Gasteiger partial charge in [-0.15, -0.1) is 0 Å². The van der Waals surface area contributed by atoms with E-state index in [1.54, 1.807) is 24.5 Å². The molecule has 1 heterocycles. The number of carbonyl (C=O) groups excluding carboxylic acids is 1. The van der Waals surface area contributed by atoms with E-state index in [0.29, 0.717) is 5.56 Å². The van der Waals surface area contributed by atoms with Gasteiger partial charge in [-0.1, -0.05) is 0 Å². The molecule has 0 saturated heterocycles. The smallest absolute Gasteiger partial charge is 0.161 e. The Morgan fingerprint density at radius 2 is 2.30 bits per heavy atom. The molecule has 1 aromatic rings. The van der Waals surface area contributed by atoms with Crippen LogP contribution in [0.5, 0.6) is 0 Å². The minimum Gasteiger partial charge on any atom is -0.294 e. The minimum atomic E-state index is 0. The topological polar surface area (TPSA) is 30.0 Å². The Kier molecular flexibility index (Phi) is 4.52. The summed E-state index contributed by atoms with van der Waals surface area (Å²) < 4.78 is 0. The number of carbonyl (C=O) groups is 1. The van der Waals surface area contributed by atoms with E-state index >= 15 is 0 Å². The maximum atomic E-state index is 10.6. The Labute approximate surface area is 82.0 Å². The van der Waals surface area contributed by atoms with Gasteiger partial charge in [-0.2, -0.15) is 0 Å². The predicted octanol–water partition coefficient (Wildman–Crippen LogP) is 0.903. The average Bonchev–Trinajstić information content (AvgIpc) is 1.90. The molecule has 0 saturated carbocycles. The van der Waals surface area contributed by atoms with E-state index in [2.05, 4.69) is 4.98 Å². The summed E-state index contributed by atoms with van der Waals surface area (Å²) in [6.45, 7) is 1.52. The third-order valence-electron chi connectivity index (χ3n) is 1.07. The molecule has 1 radical (unpaired) electrons. The summed E-state index contributed by atoms with van der Waals surface area (Å²) in [4.78, 5) is 14.4. The molecule has 0 unspecified atom stereocenters. The second kappa shape index (κ2) is 4.61. The van der Waals surface area contributed by atoms with Crippen molar-refractivity contribution in [1.29, 1.82) is 0 Å². The zero-order chi connectivity index (χ0) is 6.69. The second-order valence-corrected chi connectivity index (χ2v) is 1.80. The number of hydrogen-bond donors (Lipinski definition) is 0. The molecule has 1 aromatic heterocycles. The van der Waals surface area contributed by atoms with Crippen molar-refractivity contribution < 1.29 is 4.79 Å². The molecule has 0 atom stereocenters. The van der Waals surface area contributed by atoms with Crippen molar-refractivity contribution in [3.05, 3.63) is 30.1 Å². The first-order valence-corrected chi connectivity index (χ1v) is 2.71. The number of aromatic nitrogens is 1. The number of Topliss-reactive ketones (excluding diaryl/α,β-unsaturated/α-hetero) is 1. The molecule has 0 aliphatic rings. The van der Waals surface area contributed by atoms with Crippen molar-refractivity contribution in [3.8, 4) is 0 Å². The van der Waals surface area contributed by atoms with Gasteiger partial charge in [0.25, 0.3) is 0 Å². The van der Waals surface area contributed by atoms with Gasteiger partial charge in [0.1, 0.15) is 0 Å². The average molecular weight is 144 g/mol. The largest absolute Gasteiger partial charge is 0.294 e. The van der Waals surface area contributed by atoms with Crippen LogP contribution in [0.25, 0.3) is 0 Å². The number of nitrogens with zero attached hydrogens (tertiary/aromatic N) is 1. The van der Waals surface area contributed by atoms with Crippen LogP contribution >= 0.6 is 0 Å². The summed E-state index contributed by atoms with van der Waals surface area (Å²) in [5, 5.41) is 0. The Morgan fingerprint density at radius 3 is 2.60 bits per heavy atom. The van der Waals surface area contributed by atoms with E-state index in [4.69, 9.17) is 0 Å². The minimum absolute atomic E-state index is 0. The van der Waals surface area contributed by atoms with E-state index in [1.165, 1.54) is 6.92 Å². The van der Waals surface area contributed by atoms with Crippen molar-refractivity contribution in [3.63, 3.8) is 0 Å². The zero-order valence-electron chi connectivity index (χ0n) is 6.16. The fourth-order valence-corrected chi connectivity index (χ4v) is 0.571.